The van der Waals surface area contributed by atoms with Crippen LogP contribution in [0.2, 0.25) is 0 Å². The highest BCUT2D eigenvalue weighted by Crippen LogP contribution is 2.12. The minimum Gasteiger partial charge on any atom is -0.494 e. The summed E-state index contributed by atoms with van der Waals surface area (Å²) in [7, 11) is -2.88. The molecule has 1 atom stereocenters. The van der Waals surface area contributed by atoms with Crippen molar-refractivity contribution in [3.63, 3.8) is 0 Å². The number of benzene rings is 1. The molecule has 2 rings (SSSR count). The van der Waals surface area contributed by atoms with Crippen LogP contribution in [0, 0.1) is 6.92 Å². The van der Waals surface area contributed by atoms with Gasteiger partial charge in [-0.05, 0) is 32.4 Å². The van der Waals surface area contributed by atoms with Crippen LogP contribution in [0.4, 0.5) is 0 Å². The molecule has 1 aromatic carbocycles. The van der Waals surface area contributed by atoms with Crippen LogP contribution in [0.15, 0.2) is 29.3 Å². The van der Waals surface area contributed by atoms with E-state index in [1.165, 1.54) is 5.56 Å². The first kappa shape index (κ1) is 22.0. The number of guanidine groups is 1. The van der Waals surface area contributed by atoms with Crippen molar-refractivity contribution in [2.45, 2.75) is 32.7 Å². The number of hydrogen-bond donors (Lipinski definition) is 2. The van der Waals surface area contributed by atoms with Crippen LogP contribution in [0.1, 0.15) is 25.3 Å². The largest absolute Gasteiger partial charge is 0.494 e. The molecule has 1 heterocycles. The molecule has 1 aliphatic rings. The normalized spacial score (nSPS) is 19.1. The van der Waals surface area contributed by atoms with E-state index >= 15 is 0 Å². The fourth-order valence-corrected chi connectivity index (χ4v) is 4.18. The zero-order chi connectivity index (χ0) is 17.4. The number of hydrogen-bond acceptors (Lipinski definition) is 4. The monoisotopic (exact) mass is 481 g/mol. The van der Waals surface area contributed by atoms with Gasteiger partial charge in [-0.25, -0.2) is 8.42 Å². The molecule has 0 aliphatic carbocycles. The summed E-state index contributed by atoms with van der Waals surface area (Å²) < 4.78 is 28.7. The molecule has 2 N–H and O–H groups in total. The Morgan fingerprint density at radius 3 is 2.64 bits per heavy atom. The Balaban J connectivity index is 0.00000312. The van der Waals surface area contributed by atoms with Crippen LogP contribution in [0.5, 0.6) is 5.75 Å². The fraction of sp³-hybridized carbons (Fsp3) is 0.588. The molecule has 1 fully saturated rings. The van der Waals surface area contributed by atoms with E-state index in [-0.39, 0.29) is 41.5 Å². The maximum atomic E-state index is 11.5. The highest BCUT2D eigenvalue weighted by atomic mass is 127. The Morgan fingerprint density at radius 1 is 1.32 bits per heavy atom. The standard InChI is InChI=1S/C17H27N3O3S.HI/c1-3-18-17(20-15-9-12-24(21,22)13-15)19-10-4-11-23-16-7-5-14(2)6-8-16;/h5-8,15H,3-4,9-13H2,1-2H3,(H2,18,19,20);1H. The summed E-state index contributed by atoms with van der Waals surface area (Å²) in [5, 5.41) is 6.36. The third kappa shape index (κ3) is 8.26. The fourth-order valence-electron chi connectivity index (χ4n) is 2.50. The topological polar surface area (TPSA) is 79.8 Å². The number of aryl methyl sites for hydroxylation is 1. The Bertz CT molecular complexity index is 648. The summed E-state index contributed by atoms with van der Waals surface area (Å²) in [5.74, 6) is 1.99. The van der Waals surface area contributed by atoms with Crippen molar-refractivity contribution in [1.29, 1.82) is 0 Å². The molecule has 0 spiro atoms. The quantitative estimate of drug-likeness (QED) is 0.270. The molecule has 1 unspecified atom stereocenters. The predicted octanol–water partition coefficient (Wildman–Crippen LogP) is 2.12. The second-order valence-electron chi connectivity index (χ2n) is 6.02. The smallest absolute Gasteiger partial charge is 0.191 e. The molecule has 0 aromatic heterocycles. The van der Waals surface area contributed by atoms with Crippen molar-refractivity contribution in [2.75, 3.05) is 31.2 Å². The average Bonchev–Trinajstić information content (AvgIpc) is 2.88. The molecule has 1 aliphatic heterocycles. The molecule has 1 aromatic rings. The summed E-state index contributed by atoms with van der Waals surface area (Å²) in [6.45, 7) is 6.00. The molecule has 1 saturated heterocycles. The lowest BCUT2D eigenvalue weighted by atomic mass is 10.2. The summed E-state index contributed by atoms with van der Waals surface area (Å²) in [4.78, 5) is 4.49. The first-order valence-electron chi connectivity index (χ1n) is 8.43. The van der Waals surface area contributed by atoms with Gasteiger partial charge in [0.2, 0.25) is 0 Å². The first-order valence-corrected chi connectivity index (χ1v) is 10.3. The van der Waals surface area contributed by atoms with Crippen LogP contribution >= 0.6 is 24.0 Å². The van der Waals surface area contributed by atoms with Gasteiger partial charge in [0.25, 0.3) is 0 Å². The third-order valence-corrected chi connectivity index (χ3v) is 5.55. The van der Waals surface area contributed by atoms with E-state index in [0.29, 0.717) is 25.5 Å². The number of rotatable bonds is 7. The molecule has 0 bridgehead atoms. The van der Waals surface area contributed by atoms with E-state index in [1.807, 2.05) is 38.1 Å². The van der Waals surface area contributed by atoms with Gasteiger partial charge in [-0.2, -0.15) is 0 Å². The molecular formula is C17H28IN3O3S. The van der Waals surface area contributed by atoms with E-state index in [1.54, 1.807) is 0 Å². The van der Waals surface area contributed by atoms with Crippen LogP contribution in [-0.2, 0) is 9.84 Å². The van der Waals surface area contributed by atoms with Crippen molar-refractivity contribution in [3.8, 4) is 5.75 Å². The second-order valence-corrected chi connectivity index (χ2v) is 8.25. The molecular weight excluding hydrogens is 453 g/mol. The zero-order valence-corrected chi connectivity index (χ0v) is 18.0. The molecule has 142 valence electrons. The number of ether oxygens (including phenoxy) is 1. The molecule has 6 nitrogen and oxygen atoms in total. The van der Waals surface area contributed by atoms with E-state index < -0.39 is 9.84 Å². The van der Waals surface area contributed by atoms with Crippen molar-refractivity contribution in [1.82, 2.24) is 10.6 Å². The van der Waals surface area contributed by atoms with Gasteiger partial charge in [0.1, 0.15) is 5.75 Å². The predicted molar refractivity (Wildman–Crippen MR) is 113 cm³/mol. The highest BCUT2D eigenvalue weighted by Gasteiger charge is 2.28. The molecule has 0 radical (unpaired) electrons. The Hall–Kier alpha value is -1.03. The molecule has 8 heteroatoms. The van der Waals surface area contributed by atoms with Gasteiger partial charge < -0.3 is 15.4 Å². The van der Waals surface area contributed by atoms with Crippen molar-refractivity contribution in [2.24, 2.45) is 4.99 Å². The number of aliphatic imine (C=N–C) groups is 1. The minimum absolute atomic E-state index is 0. The van der Waals surface area contributed by atoms with Gasteiger partial charge in [-0.15, -0.1) is 24.0 Å². The summed E-state index contributed by atoms with van der Waals surface area (Å²) in [5.41, 5.74) is 1.21. The number of halogens is 1. The SMILES string of the molecule is CCNC(=NCCCOc1ccc(C)cc1)NC1CCS(=O)(=O)C1.I. The average molecular weight is 481 g/mol. The van der Waals surface area contributed by atoms with E-state index in [9.17, 15) is 8.42 Å². The zero-order valence-electron chi connectivity index (χ0n) is 14.8. The van der Waals surface area contributed by atoms with Gasteiger partial charge in [0, 0.05) is 25.6 Å². The third-order valence-electron chi connectivity index (χ3n) is 3.78. The van der Waals surface area contributed by atoms with Crippen molar-refractivity contribution >= 4 is 39.8 Å². The van der Waals surface area contributed by atoms with Crippen molar-refractivity contribution < 1.29 is 13.2 Å². The molecule has 0 amide bonds. The minimum atomic E-state index is -2.88. The van der Waals surface area contributed by atoms with Crippen LogP contribution < -0.4 is 15.4 Å². The lowest BCUT2D eigenvalue weighted by molar-refractivity contribution is 0.313. The molecule has 25 heavy (non-hydrogen) atoms. The van der Waals surface area contributed by atoms with Crippen LogP contribution in [0.3, 0.4) is 0 Å². The Labute approximate surface area is 167 Å². The van der Waals surface area contributed by atoms with E-state index in [2.05, 4.69) is 15.6 Å². The van der Waals surface area contributed by atoms with Crippen LogP contribution in [0.25, 0.3) is 0 Å². The highest BCUT2D eigenvalue weighted by molar-refractivity contribution is 14.0. The summed E-state index contributed by atoms with van der Waals surface area (Å²) in [6, 6.07) is 7.93. The maximum absolute atomic E-state index is 11.5. The maximum Gasteiger partial charge on any atom is 0.191 e. The summed E-state index contributed by atoms with van der Waals surface area (Å²) in [6.07, 6.45) is 1.44. The van der Waals surface area contributed by atoms with Crippen LogP contribution in [-0.4, -0.2) is 51.6 Å². The first-order chi connectivity index (χ1) is 11.5. The lowest BCUT2D eigenvalue weighted by Gasteiger charge is -2.15. The number of nitrogens with one attached hydrogen (secondary N) is 2. The molecule has 0 saturated carbocycles. The van der Waals surface area contributed by atoms with Crippen molar-refractivity contribution in [3.05, 3.63) is 29.8 Å². The van der Waals surface area contributed by atoms with Gasteiger partial charge in [0.15, 0.2) is 15.8 Å². The summed E-state index contributed by atoms with van der Waals surface area (Å²) >= 11 is 0. The van der Waals surface area contributed by atoms with Gasteiger partial charge in [0.05, 0.1) is 18.1 Å². The van der Waals surface area contributed by atoms with E-state index in [4.69, 9.17) is 4.74 Å². The Kier molecular flexibility index (Phi) is 9.55. The van der Waals surface area contributed by atoms with Gasteiger partial charge in [-0.3, -0.25) is 4.99 Å². The second kappa shape index (κ2) is 10.8. The number of nitrogens with zero attached hydrogens (tertiary/aromatic N) is 1. The number of sulfone groups is 1. The van der Waals surface area contributed by atoms with E-state index in [0.717, 1.165) is 18.7 Å². The van der Waals surface area contributed by atoms with Gasteiger partial charge in [-0.1, -0.05) is 17.7 Å². The Morgan fingerprint density at radius 2 is 2.04 bits per heavy atom. The lowest BCUT2D eigenvalue weighted by Crippen LogP contribution is -2.44. The van der Waals surface area contributed by atoms with Gasteiger partial charge >= 0.3 is 0 Å².